The van der Waals surface area contributed by atoms with Gasteiger partial charge in [0, 0.05) is 11.8 Å². The molecular formula is C18H18N2O3. The summed E-state index contributed by atoms with van der Waals surface area (Å²) in [4.78, 5) is 28.0. The molecule has 0 fully saturated rings. The van der Waals surface area contributed by atoms with E-state index in [0.29, 0.717) is 11.5 Å². The third-order valence-electron chi connectivity index (χ3n) is 4.20. The summed E-state index contributed by atoms with van der Waals surface area (Å²) >= 11 is 0. The molecule has 1 heterocycles. The molecule has 2 unspecified atom stereocenters. The van der Waals surface area contributed by atoms with Gasteiger partial charge in [-0.2, -0.15) is 0 Å². The van der Waals surface area contributed by atoms with Crippen molar-refractivity contribution in [2.75, 3.05) is 7.11 Å². The molecule has 0 saturated carbocycles. The summed E-state index contributed by atoms with van der Waals surface area (Å²) in [6, 6.07) is 11.2. The monoisotopic (exact) mass is 310 g/mol. The summed E-state index contributed by atoms with van der Waals surface area (Å²) in [6.45, 7) is 2.12. The van der Waals surface area contributed by atoms with E-state index in [9.17, 15) is 9.59 Å². The Kier molecular flexibility index (Phi) is 4.10. The lowest BCUT2D eigenvalue weighted by Gasteiger charge is -2.19. The highest BCUT2D eigenvalue weighted by Gasteiger charge is 2.30. The number of amides is 1. The molecule has 1 aromatic heterocycles. The number of pyridine rings is 1. The van der Waals surface area contributed by atoms with Crippen molar-refractivity contribution in [3.63, 3.8) is 0 Å². The number of methoxy groups -OCH3 is 1. The molecule has 5 nitrogen and oxygen atoms in total. The van der Waals surface area contributed by atoms with Crippen LogP contribution in [0.5, 0.6) is 0 Å². The summed E-state index contributed by atoms with van der Waals surface area (Å²) in [5.74, 6) is -0.441. The second kappa shape index (κ2) is 6.20. The third-order valence-corrected chi connectivity index (χ3v) is 4.20. The minimum atomic E-state index is -0.556. The van der Waals surface area contributed by atoms with E-state index in [1.54, 1.807) is 6.07 Å². The van der Waals surface area contributed by atoms with Gasteiger partial charge in [-0.25, -0.2) is 9.78 Å². The van der Waals surface area contributed by atoms with Crippen LogP contribution < -0.4 is 5.32 Å². The predicted octanol–water partition coefficient (Wildman–Crippen LogP) is 2.53. The molecule has 3 rings (SSSR count). The minimum Gasteiger partial charge on any atom is -0.464 e. The number of benzene rings is 1. The molecule has 2 atom stereocenters. The van der Waals surface area contributed by atoms with Gasteiger partial charge < -0.3 is 10.1 Å². The van der Waals surface area contributed by atoms with E-state index in [4.69, 9.17) is 0 Å². The Balaban J connectivity index is 1.81. The topological polar surface area (TPSA) is 68.3 Å². The van der Waals surface area contributed by atoms with Crippen molar-refractivity contribution >= 4 is 11.9 Å². The number of nitrogens with one attached hydrogen (secondary N) is 1. The van der Waals surface area contributed by atoms with Crippen molar-refractivity contribution in [1.82, 2.24) is 10.3 Å². The maximum absolute atomic E-state index is 12.5. The van der Waals surface area contributed by atoms with Crippen molar-refractivity contribution < 1.29 is 14.3 Å². The van der Waals surface area contributed by atoms with Gasteiger partial charge in [-0.3, -0.25) is 4.79 Å². The highest BCUT2D eigenvalue weighted by molar-refractivity contribution is 5.97. The van der Waals surface area contributed by atoms with Crippen LogP contribution in [0.2, 0.25) is 0 Å². The molecule has 0 radical (unpaired) electrons. The summed E-state index contributed by atoms with van der Waals surface area (Å²) in [6.07, 6.45) is 2.39. The summed E-state index contributed by atoms with van der Waals surface area (Å²) in [5, 5.41) is 3.07. The average molecular weight is 310 g/mol. The van der Waals surface area contributed by atoms with Gasteiger partial charge in [0.1, 0.15) is 5.69 Å². The molecule has 5 heteroatoms. The fourth-order valence-electron chi connectivity index (χ4n) is 3.03. The van der Waals surface area contributed by atoms with Gasteiger partial charge in [0.2, 0.25) is 0 Å². The quantitative estimate of drug-likeness (QED) is 0.885. The largest absolute Gasteiger partial charge is 0.464 e. The zero-order chi connectivity index (χ0) is 16.4. The van der Waals surface area contributed by atoms with Crippen LogP contribution in [0.1, 0.15) is 44.9 Å². The lowest BCUT2D eigenvalue weighted by Crippen LogP contribution is -2.30. The van der Waals surface area contributed by atoms with Crippen molar-refractivity contribution in [2.24, 2.45) is 5.92 Å². The molecular weight excluding hydrogens is 292 g/mol. The number of esters is 1. The summed E-state index contributed by atoms with van der Waals surface area (Å²) in [7, 11) is 1.29. The van der Waals surface area contributed by atoms with Gasteiger partial charge in [-0.05, 0) is 35.6 Å². The van der Waals surface area contributed by atoms with Crippen molar-refractivity contribution in [3.8, 4) is 0 Å². The number of carbonyl (C=O) groups excluding carboxylic acids is 2. The highest BCUT2D eigenvalue weighted by Crippen LogP contribution is 2.35. The SMILES string of the molecule is COC(=O)c1cc(C(=O)NC2c3ccccc3CC2C)ccn1. The predicted molar refractivity (Wildman–Crippen MR) is 85.1 cm³/mol. The number of hydrogen-bond donors (Lipinski definition) is 1. The van der Waals surface area contributed by atoms with E-state index in [-0.39, 0.29) is 17.6 Å². The van der Waals surface area contributed by atoms with Gasteiger partial charge in [-0.1, -0.05) is 31.2 Å². The van der Waals surface area contributed by atoms with Gasteiger partial charge in [0.15, 0.2) is 0 Å². The van der Waals surface area contributed by atoms with Crippen LogP contribution in [-0.2, 0) is 11.2 Å². The van der Waals surface area contributed by atoms with Crippen LogP contribution in [0.25, 0.3) is 0 Å². The van der Waals surface area contributed by atoms with Gasteiger partial charge in [-0.15, -0.1) is 0 Å². The van der Waals surface area contributed by atoms with Gasteiger partial charge in [0.05, 0.1) is 13.2 Å². The van der Waals surface area contributed by atoms with Crippen LogP contribution in [0.4, 0.5) is 0 Å². The zero-order valence-electron chi connectivity index (χ0n) is 13.1. The Morgan fingerprint density at radius 1 is 1.26 bits per heavy atom. The van der Waals surface area contributed by atoms with Crippen molar-refractivity contribution in [3.05, 3.63) is 65.0 Å². The van der Waals surface area contributed by atoms with E-state index in [2.05, 4.69) is 34.1 Å². The Bertz CT molecular complexity index is 757. The smallest absolute Gasteiger partial charge is 0.356 e. The van der Waals surface area contributed by atoms with Crippen molar-refractivity contribution in [2.45, 2.75) is 19.4 Å². The Morgan fingerprint density at radius 3 is 2.83 bits per heavy atom. The number of nitrogens with zero attached hydrogens (tertiary/aromatic N) is 1. The number of ether oxygens (including phenoxy) is 1. The van der Waals surface area contributed by atoms with Crippen LogP contribution in [-0.4, -0.2) is 24.0 Å². The van der Waals surface area contributed by atoms with E-state index in [1.165, 1.54) is 24.9 Å². The number of hydrogen-bond acceptors (Lipinski definition) is 4. The normalized spacial score (nSPS) is 19.0. The molecule has 0 aliphatic heterocycles. The first-order chi connectivity index (χ1) is 11.1. The first-order valence-electron chi connectivity index (χ1n) is 7.53. The maximum Gasteiger partial charge on any atom is 0.356 e. The van der Waals surface area contributed by atoms with E-state index in [0.717, 1.165) is 12.0 Å². The van der Waals surface area contributed by atoms with E-state index in [1.807, 2.05) is 12.1 Å². The lowest BCUT2D eigenvalue weighted by atomic mass is 10.0. The Hall–Kier alpha value is -2.69. The first-order valence-corrected chi connectivity index (χ1v) is 7.53. The highest BCUT2D eigenvalue weighted by atomic mass is 16.5. The third kappa shape index (κ3) is 2.95. The molecule has 118 valence electrons. The fourth-order valence-corrected chi connectivity index (χ4v) is 3.03. The maximum atomic E-state index is 12.5. The molecule has 1 aromatic carbocycles. The summed E-state index contributed by atoms with van der Waals surface area (Å²) in [5.41, 5.74) is 2.96. The van der Waals surface area contributed by atoms with Gasteiger partial charge in [0.25, 0.3) is 5.91 Å². The lowest BCUT2D eigenvalue weighted by molar-refractivity contribution is 0.0594. The van der Waals surface area contributed by atoms with Crippen LogP contribution in [0, 0.1) is 5.92 Å². The van der Waals surface area contributed by atoms with Crippen LogP contribution in [0.15, 0.2) is 42.6 Å². The average Bonchev–Trinajstić information content (AvgIpc) is 2.90. The molecule has 0 spiro atoms. The van der Waals surface area contributed by atoms with Crippen LogP contribution >= 0.6 is 0 Å². The second-order valence-electron chi connectivity index (χ2n) is 5.75. The number of rotatable bonds is 3. The number of fused-ring (bicyclic) bond motifs is 1. The molecule has 1 aliphatic rings. The molecule has 0 saturated heterocycles. The van der Waals surface area contributed by atoms with E-state index < -0.39 is 5.97 Å². The molecule has 0 bridgehead atoms. The standard InChI is InChI=1S/C18H18N2O3/c1-11-9-12-5-3-4-6-14(12)16(11)20-17(21)13-7-8-19-15(10-13)18(22)23-2/h3-8,10-11,16H,9H2,1-2H3,(H,20,21). The number of carbonyl (C=O) groups is 2. The molecule has 1 amide bonds. The van der Waals surface area contributed by atoms with Crippen molar-refractivity contribution in [1.29, 1.82) is 0 Å². The molecule has 2 aromatic rings. The molecule has 1 N–H and O–H groups in total. The van der Waals surface area contributed by atoms with E-state index >= 15 is 0 Å². The van der Waals surface area contributed by atoms with Crippen LogP contribution in [0.3, 0.4) is 0 Å². The molecule has 1 aliphatic carbocycles. The zero-order valence-corrected chi connectivity index (χ0v) is 13.1. The molecule has 23 heavy (non-hydrogen) atoms. The van der Waals surface area contributed by atoms with Gasteiger partial charge >= 0.3 is 5.97 Å². The first kappa shape index (κ1) is 15.2. The summed E-state index contributed by atoms with van der Waals surface area (Å²) < 4.78 is 4.63. The Morgan fingerprint density at radius 2 is 2.04 bits per heavy atom. The fraction of sp³-hybridized carbons (Fsp3) is 0.278. The Labute approximate surface area is 134 Å². The second-order valence-corrected chi connectivity index (χ2v) is 5.75. The minimum absolute atomic E-state index is 0.0200. The number of aromatic nitrogens is 1.